The van der Waals surface area contributed by atoms with Crippen molar-refractivity contribution in [2.75, 3.05) is 26.7 Å². The Morgan fingerprint density at radius 1 is 1.27 bits per heavy atom. The lowest BCUT2D eigenvalue weighted by molar-refractivity contribution is -0.136. The molecule has 2 heterocycles. The van der Waals surface area contributed by atoms with Crippen molar-refractivity contribution < 1.29 is 24.2 Å². The molecule has 1 aliphatic rings. The minimum Gasteiger partial charge on any atom is -0.410 e. The molecule has 2 amide bonds. The monoisotopic (exact) mass is 509 g/mol. The van der Waals surface area contributed by atoms with E-state index in [4.69, 9.17) is 9.47 Å². The molecule has 1 aliphatic heterocycles. The summed E-state index contributed by atoms with van der Waals surface area (Å²) in [6, 6.07) is 13.0. The van der Waals surface area contributed by atoms with Crippen LogP contribution in [0.3, 0.4) is 0 Å². The average molecular weight is 510 g/mol. The molecule has 0 fully saturated rings. The number of fused-ring (bicyclic) bond motifs is 2. The van der Waals surface area contributed by atoms with Gasteiger partial charge in [0.1, 0.15) is 5.75 Å². The number of carbonyl (C=O) groups excluding carboxylic acids is 2. The first-order valence-corrected chi connectivity index (χ1v) is 12.7. The minimum atomic E-state index is -0.498. The number of nitrogens with zero attached hydrogens (tertiary/aromatic N) is 5. The van der Waals surface area contributed by atoms with Crippen LogP contribution >= 0.6 is 0 Å². The van der Waals surface area contributed by atoms with E-state index in [1.165, 1.54) is 4.90 Å². The maximum Gasteiger partial charge on any atom is 0.415 e. The van der Waals surface area contributed by atoms with Gasteiger partial charge in [-0.3, -0.25) is 4.79 Å². The second-order valence-corrected chi connectivity index (χ2v) is 9.68. The Bertz CT molecular complexity index is 1210. The molecular formula is C27H35N5O5. The number of rotatable bonds is 5. The van der Waals surface area contributed by atoms with E-state index in [1.807, 2.05) is 50.2 Å². The fourth-order valence-corrected chi connectivity index (χ4v) is 4.55. The average Bonchev–Trinajstić information content (AvgIpc) is 3.35. The summed E-state index contributed by atoms with van der Waals surface area (Å²) in [5, 5.41) is 19.7. The summed E-state index contributed by atoms with van der Waals surface area (Å²) in [4.78, 5) is 29.3. The molecule has 1 aromatic heterocycles. The zero-order valence-electron chi connectivity index (χ0n) is 21.6. The van der Waals surface area contributed by atoms with Gasteiger partial charge in [-0.05, 0) is 24.8 Å². The van der Waals surface area contributed by atoms with Gasteiger partial charge in [0, 0.05) is 37.9 Å². The molecule has 2 aromatic carbocycles. The Kier molecular flexibility index (Phi) is 8.73. The smallest absolute Gasteiger partial charge is 0.410 e. The Labute approximate surface area is 216 Å². The van der Waals surface area contributed by atoms with E-state index in [0.717, 1.165) is 16.5 Å². The predicted octanol–water partition coefficient (Wildman–Crippen LogP) is 3.09. The number of likely N-dealkylation sites (N-methyl/N-ethyl adjacent to an activating group) is 1. The lowest BCUT2D eigenvalue weighted by Crippen LogP contribution is -2.48. The summed E-state index contributed by atoms with van der Waals surface area (Å²) in [5.74, 6) is 0.332. The van der Waals surface area contributed by atoms with Crippen LogP contribution in [0.2, 0.25) is 0 Å². The van der Waals surface area contributed by atoms with Gasteiger partial charge in [0.25, 0.3) is 0 Å². The molecule has 198 valence electrons. The number of aromatic nitrogens is 3. The van der Waals surface area contributed by atoms with Crippen molar-refractivity contribution in [3.05, 3.63) is 54.4 Å². The summed E-state index contributed by atoms with van der Waals surface area (Å²) in [7, 11) is 1.67. The highest BCUT2D eigenvalue weighted by Crippen LogP contribution is 2.26. The first kappa shape index (κ1) is 26.6. The molecule has 0 radical (unpaired) electrons. The van der Waals surface area contributed by atoms with Gasteiger partial charge in [-0.25, -0.2) is 9.48 Å². The second kappa shape index (κ2) is 12.2. The van der Waals surface area contributed by atoms with Gasteiger partial charge in [-0.15, -0.1) is 5.10 Å². The molecule has 0 aliphatic carbocycles. The third-order valence-electron chi connectivity index (χ3n) is 6.85. The number of aliphatic hydroxyl groups excluding tert-OH is 1. The van der Waals surface area contributed by atoms with Gasteiger partial charge in [-0.2, -0.15) is 0 Å². The zero-order valence-corrected chi connectivity index (χ0v) is 21.6. The molecule has 10 heteroatoms. The maximum atomic E-state index is 13.1. The van der Waals surface area contributed by atoms with E-state index < -0.39 is 12.2 Å². The molecule has 1 N–H and O–H groups in total. The standard InChI is InChI=1S/C27H35N5O5/c1-19-15-31(20(2)17-33)26(34)12-7-13-32-22(14-28-29-32)18-36-25(19)16-30(3)27(35)37-24-11-6-9-21-8-4-5-10-23(21)24/h4-6,8-11,14,19-20,25,33H,7,12-13,15-18H2,1-3H3/t19-,20+,25+/m0/s1. The van der Waals surface area contributed by atoms with E-state index >= 15 is 0 Å². The third kappa shape index (κ3) is 6.44. The van der Waals surface area contributed by atoms with Gasteiger partial charge in [0.05, 0.1) is 43.8 Å². The molecular weight excluding hydrogens is 474 g/mol. The number of aryl methyl sites for hydroxylation is 1. The van der Waals surface area contributed by atoms with Crippen molar-refractivity contribution in [3.8, 4) is 5.75 Å². The Morgan fingerprint density at radius 3 is 2.86 bits per heavy atom. The fraction of sp³-hybridized carbons (Fsp3) is 0.481. The van der Waals surface area contributed by atoms with Crippen LogP contribution in [-0.2, 0) is 22.7 Å². The number of carbonyl (C=O) groups is 2. The van der Waals surface area contributed by atoms with Crippen LogP contribution in [0.1, 0.15) is 32.4 Å². The van der Waals surface area contributed by atoms with Crippen molar-refractivity contribution >= 4 is 22.8 Å². The Morgan fingerprint density at radius 2 is 2.05 bits per heavy atom. The SMILES string of the molecule is C[C@H](CO)N1C[C@H](C)[C@@H](CN(C)C(=O)Oc2cccc3ccccc23)OCc2cnnn2CCCC1=O. The van der Waals surface area contributed by atoms with Crippen LogP contribution in [0.4, 0.5) is 4.79 Å². The Hall–Kier alpha value is -3.50. The summed E-state index contributed by atoms with van der Waals surface area (Å²) < 4.78 is 13.8. The number of ether oxygens (including phenoxy) is 2. The van der Waals surface area contributed by atoms with E-state index in [1.54, 1.807) is 28.9 Å². The normalized spacial score (nSPS) is 20.0. The molecule has 3 atom stereocenters. The molecule has 4 rings (SSSR count). The van der Waals surface area contributed by atoms with Gasteiger partial charge < -0.3 is 24.4 Å². The summed E-state index contributed by atoms with van der Waals surface area (Å²) in [6.07, 6.45) is 1.72. The molecule has 0 unspecified atom stereocenters. The summed E-state index contributed by atoms with van der Waals surface area (Å²) >= 11 is 0. The van der Waals surface area contributed by atoms with Crippen molar-refractivity contribution in [2.24, 2.45) is 5.92 Å². The second-order valence-electron chi connectivity index (χ2n) is 9.68. The van der Waals surface area contributed by atoms with Crippen molar-refractivity contribution in [1.29, 1.82) is 0 Å². The first-order chi connectivity index (χ1) is 17.9. The molecule has 37 heavy (non-hydrogen) atoms. The topological polar surface area (TPSA) is 110 Å². The van der Waals surface area contributed by atoms with Gasteiger partial charge in [0.15, 0.2) is 0 Å². The largest absolute Gasteiger partial charge is 0.415 e. The van der Waals surface area contributed by atoms with E-state index in [2.05, 4.69) is 10.3 Å². The molecule has 3 aromatic rings. The molecule has 0 saturated heterocycles. The number of hydrogen-bond donors (Lipinski definition) is 1. The lowest BCUT2D eigenvalue weighted by Gasteiger charge is -2.35. The predicted molar refractivity (Wildman–Crippen MR) is 138 cm³/mol. The number of benzene rings is 2. The van der Waals surface area contributed by atoms with Crippen LogP contribution in [0.5, 0.6) is 5.75 Å². The molecule has 0 saturated carbocycles. The minimum absolute atomic E-state index is 0.0295. The van der Waals surface area contributed by atoms with E-state index in [9.17, 15) is 14.7 Å². The van der Waals surface area contributed by atoms with Crippen LogP contribution < -0.4 is 4.74 Å². The molecule has 10 nitrogen and oxygen atoms in total. The Balaban J connectivity index is 1.52. The van der Waals surface area contributed by atoms with Crippen molar-refractivity contribution in [3.63, 3.8) is 0 Å². The van der Waals surface area contributed by atoms with Gasteiger partial charge >= 0.3 is 6.09 Å². The van der Waals surface area contributed by atoms with E-state index in [0.29, 0.717) is 31.7 Å². The fourth-order valence-electron chi connectivity index (χ4n) is 4.55. The summed E-state index contributed by atoms with van der Waals surface area (Å²) in [6.45, 7) is 5.15. The quantitative estimate of drug-likeness (QED) is 0.563. The molecule has 0 bridgehead atoms. The van der Waals surface area contributed by atoms with Crippen molar-refractivity contribution in [2.45, 2.75) is 52.0 Å². The highest BCUT2D eigenvalue weighted by Gasteiger charge is 2.29. The highest BCUT2D eigenvalue weighted by atomic mass is 16.6. The maximum absolute atomic E-state index is 13.1. The third-order valence-corrected chi connectivity index (χ3v) is 6.85. The summed E-state index contributed by atoms with van der Waals surface area (Å²) in [5.41, 5.74) is 0.812. The van der Waals surface area contributed by atoms with Crippen LogP contribution in [0.25, 0.3) is 10.8 Å². The van der Waals surface area contributed by atoms with Crippen LogP contribution in [-0.4, -0.2) is 80.8 Å². The first-order valence-electron chi connectivity index (χ1n) is 12.7. The number of amides is 2. The molecule has 0 spiro atoms. The zero-order chi connectivity index (χ0) is 26.4. The van der Waals surface area contributed by atoms with Gasteiger partial charge in [-0.1, -0.05) is 48.5 Å². The van der Waals surface area contributed by atoms with Crippen LogP contribution in [0, 0.1) is 5.92 Å². The number of hydrogen-bond acceptors (Lipinski definition) is 7. The highest BCUT2D eigenvalue weighted by molar-refractivity contribution is 5.90. The number of aliphatic hydroxyl groups is 1. The lowest BCUT2D eigenvalue weighted by atomic mass is 10.0. The van der Waals surface area contributed by atoms with Gasteiger partial charge in [0.2, 0.25) is 5.91 Å². The van der Waals surface area contributed by atoms with Crippen LogP contribution in [0.15, 0.2) is 48.7 Å². The van der Waals surface area contributed by atoms with Crippen molar-refractivity contribution in [1.82, 2.24) is 24.8 Å². The van der Waals surface area contributed by atoms with E-state index in [-0.39, 0.29) is 37.6 Å².